The van der Waals surface area contributed by atoms with E-state index in [4.69, 9.17) is 0 Å². The molecule has 0 spiro atoms. The number of pyridine rings is 1. The number of rotatable bonds is 3. The summed E-state index contributed by atoms with van der Waals surface area (Å²) in [6, 6.07) is 8.37. The molecule has 0 aliphatic rings. The zero-order valence-corrected chi connectivity index (χ0v) is 13.9. The Morgan fingerprint density at radius 3 is 2.53 bits per heavy atom. The highest BCUT2D eigenvalue weighted by Gasteiger charge is 2.18. The molecule has 2 rings (SSSR count). The van der Waals surface area contributed by atoms with Gasteiger partial charge in [-0.2, -0.15) is 0 Å². The van der Waals surface area contributed by atoms with E-state index in [0.29, 0.717) is 8.95 Å². The molecule has 1 N–H and O–H groups in total. The fraction of sp³-hybridized carbons (Fsp3) is 0.0833. The van der Waals surface area contributed by atoms with Crippen molar-refractivity contribution in [1.82, 2.24) is 4.98 Å². The van der Waals surface area contributed by atoms with Gasteiger partial charge in [-0.1, -0.05) is 22.0 Å². The number of nitrogens with zero attached hydrogens (tertiary/aromatic N) is 1. The third kappa shape index (κ3) is 3.55. The number of anilines is 1. The lowest BCUT2D eigenvalue weighted by atomic mass is 10.3. The van der Waals surface area contributed by atoms with E-state index in [1.807, 2.05) is 6.92 Å². The van der Waals surface area contributed by atoms with E-state index in [0.717, 1.165) is 5.56 Å². The first-order chi connectivity index (χ1) is 8.88. The minimum absolute atomic E-state index is 0.157. The lowest BCUT2D eigenvalue weighted by molar-refractivity contribution is 0.600. The maximum absolute atomic E-state index is 12.3. The van der Waals surface area contributed by atoms with Gasteiger partial charge in [0.2, 0.25) is 0 Å². The summed E-state index contributed by atoms with van der Waals surface area (Å²) in [5.74, 6) is 0.289. The van der Waals surface area contributed by atoms with E-state index in [1.54, 1.807) is 30.5 Å². The molecule has 0 unspecified atom stereocenters. The number of sulfonamides is 1. The molecule has 0 bridgehead atoms. The van der Waals surface area contributed by atoms with Gasteiger partial charge in [-0.15, -0.1) is 0 Å². The van der Waals surface area contributed by atoms with Crippen molar-refractivity contribution in [3.05, 3.63) is 51.0 Å². The molecular weight excluding hydrogens is 396 g/mol. The van der Waals surface area contributed by atoms with Crippen LogP contribution in [0, 0.1) is 6.92 Å². The van der Waals surface area contributed by atoms with Gasteiger partial charge in [0, 0.05) is 15.1 Å². The molecule has 7 heteroatoms. The Morgan fingerprint density at radius 1 is 1.16 bits per heavy atom. The molecule has 1 aromatic heterocycles. The topological polar surface area (TPSA) is 59.1 Å². The number of hydrogen-bond acceptors (Lipinski definition) is 3. The van der Waals surface area contributed by atoms with Crippen LogP contribution in [0.5, 0.6) is 0 Å². The quantitative estimate of drug-likeness (QED) is 0.846. The van der Waals surface area contributed by atoms with Crippen LogP contribution in [-0.4, -0.2) is 13.4 Å². The lowest BCUT2D eigenvalue weighted by Gasteiger charge is -2.09. The zero-order valence-electron chi connectivity index (χ0n) is 9.89. The van der Waals surface area contributed by atoms with Crippen LogP contribution in [0.15, 0.2) is 50.4 Å². The van der Waals surface area contributed by atoms with Gasteiger partial charge in [-0.25, -0.2) is 13.4 Å². The average Bonchev–Trinajstić information content (AvgIpc) is 2.35. The van der Waals surface area contributed by atoms with E-state index in [-0.39, 0.29) is 10.7 Å². The SMILES string of the molecule is Cc1ccc(NS(=O)(=O)c2cc(Br)ccc2Br)nc1. The van der Waals surface area contributed by atoms with E-state index >= 15 is 0 Å². The minimum Gasteiger partial charge on any atom is -0.263 e. The molecule has 0 aliphatic carbocycles. The van der Waals surface area contributed by atoms with Gasteiger partial charge in [-0.05, 0) is 52.7 Å². The number of halogens is 2. The van der Waals surface area contributed by atoms with Gasteiger partial charge in [-0.3, -0.25) is 4.72 Å². The third-order valence-corrected chi connectivity index (χ3v) is 5.17. The molecule has 4 nitrogen and oxygen atoms in total. The molecule has 0 saturated heterocycles. The van der Waals surface area contributed by atoms with Crippen LogP contribution < -0.4 is 4.72 Å². The van der Waals surface area contributed by atoms with Crippen molar-refractivity contribution in [2.45, 2.75) is 11.8 Å². The highest BCUT2D eigenvalue weighted by molar-refractivity contribution is 9.11. The molecule has 19 heavy (non-hydrogen) atoms. The van der Waals surface area contributed by atoms with Crippen LogP contribution in [0.25, 0.3) is 0 Å². The Balaban J connectivity index is 2.37. The van der Waals surface area contributed by atoms with Crippen molar-refractivity contribution in [3.63, 3.8) is 0 Å². The van der Waals surface area contributed by atoms with Crippen LogP contribution in [0.3, 0.4) is 0 Å². The van der Waals surface area contributed by atoms with Crippen LogP contribution in [-0.2, 0) is 10.0 Å². The predicted octanol–water partition coefficient (Wildman–Crippen LogP) is 3.72. The minimum atomic E-state index is -3.67. The zero-order chi connectivity index (χ0) is 14.0. The summed E-state index contributed by atoms with van der Waals surface area (Å²) in [6.45, 7) is 1.89. The number of benzene rings is 1. The largest absolute Gasteiger partial charge is 0.264 e. The summed E-state index contributed by atoms with van der Waals surface area (Å²) in [4.78, 5) is 4.18. The van der Waals surface area contributed by atoms with Gasteiger partial charge in [0.25, 0.3) is 10.0 Å². The summed E-state index contributed by atoms with van der Waals surface area (Å²) in [5, 5.41) is 0. The first-order valence-electron chi connectivity index (χ1n) is 5.29. The van der Waals surface area contributed by atoms with Gasteiger partial charge >= 0.3 is 0 Å². The van der Waals surface area contributed by atoms with Crippen LogP contribution in [0.2, 0.25) is 0 Å². The third-order valence-electron chi connectivity index (χ3n) is 2.33. The van der Waals surface area contributed by atoms with Gasteiger partial charge < -0.3 is 0 Å². The van der Waals surface area contributed by atoms with Crippen molar-refractivity contribution in [1.29, 1.82) is 0 Å². The fourth-order valence-corrected chi connectivity index (χ4v) is 3.92. The lowest BCUT2D eigenvalue weighted by Crippen LogP contribution is -2.14. The van der Waals surface area contributed by atoms with Crippen molar-refractivity contribution in [3.8, 4) is 0 Å². The normalized spacial score (nSPS) is 11.3. The van der Waals surface area contributed by atoms with Gasteiger partial charge in [0.1, 0.15) is 10.7 Å². The Bertz CT molecular complexity index is 700. The maximum Gasteiger partial charge on any atom is 0.264 e. The Kier molecular flexibility index (Phi) is 4.27. The molecule has 1 heterocycles. The van der Waals surface area contributed by atoms with E-state index in [9.17, 15) is 8.42 Å². The number of aromatic nitrogens is 1. The summed E-state index contributed by atoms with van der Waals surface area (Å²) in [6.07, 6.45) is 1.60. The molecule has 2 aromatic rings. The molecule has 1 aromatic carbocycles. The second kappa shape index (κ2) is 5.60. The molecule has 100 valence electrons. The second-order valence-corrected chi connectivity index (χ2v) is 7.32. The number of aryl methyl sites for hydroxylation is 1. The fourth-order valence-electron chi connectivity index (χ4n) is 1.40. The molecule has 0 atom stereocenters. The molecule has 0 amide bonds. The maximum atomic E-state index is 12.3. The van der Waals surface area contributed by atoms with Crippen molar-refractivity contribution >= 4 is 47.7 Å². The predicted molar refractivity (Wildman–Crippen MR) is 81.6 cm³/mol. The van der Waals surface area contributed by atoms with Crippen molar-refractivity contribution in [2.75, 3.05) is 4.72 Å². The van der Waals surface area contributed by atoms with Crippen molar-refractivity contribution < 1.29 is 8.42 Å². The second-order valence-electron chi connectivity index (χ2n) is 3.90. The standard InChI is InChI=1S/C12H10Br2N2O2S/c1-8-2-5-12(15-7-8)16-19(17,18)11-6-9(13)3-4-10(11)14/h2-7H,1H3,(H,15,16). The molecule has 0 saturated carbocycles. The smallest absolute Gasteiger partial charge is 0.263 e. The van der Waals surface area contributed by atoms with E-state index in [2.05, 4.69) is 41.6 Å². The molecule has 0 fully saturated rings. The van der Waals surface area contributed by atoms with E-state index < -0.39 is 10.0 Å². The molecule has 0 radical (unpaired) electrons. The Hall–Kier alpha value is -0.920. The van der Waals surface area contributed by atoms with Crippen LogP contribution >= 0.6 is 31.9 Å². The highest BCUT2D eigenvalue weighted by Crippen LogP contribution is 2.27. The van der Waals surface area contributed by atoms with Gasteiger partial charge in [0.15, 0.2) is 0 Å². The molecule has 0 aliphatic heterocycles. The monoisotopic (exact) mass is 404 g/mol. The Labute approximate surface area is 128 Å². The summed E-state index contributed by atoms with van der Waals surface area (Å²) in [5.41, 5.74) is 0.964. The van der Waals surface area contributed by atoms with Crippen LogP contribution in [0.4, 0.5) is 5.82 Å². The number of hydrogen-bond donors (Lipinski definition) is 1. The summed E-state index contributed by atoms with van der Waals surface area (Å²) < 4.78 is 28.1. The summed E-state index contributed by atoms with van der Waals surface area (Å²) in [7, 11) is -3.67. The molecular formula is C12H10Br2N2O2S. The van der Waals surface area contributed by atoms with Crippen molar-refractivity contribution in [2.24, 2.45) is 0 Å². The highest BCUT2D eigenvalue weighted by atomic mass is 79.9. The van der Waals surface area contributed by atoms with Gasteiger partial charge in [0.05, 0.1) is 0 Å². The first kappa shape index (κ1) is 14.5. The Morgan fingerprint density at radius 2 is 1.89 bits per heavy atom. The van der Waals surface area contributed by atoms with Crippen LogP contribution in [0.1, 0.15) is 5.56 Å². The van der Waals surface area contributed by atoms with E-state index in [1.165, 1.54) is 6.07 Å². The first-order valence-corrected chi connectivity index (χ1v) is 8.36. The summed E-state index contributed by atoms with van der Waals surface area (Å²) >= 11 is 6.49. The number of nitrogens with one attached hydrogen (secondary N) is 1. The average molecular weight is 406 g/mol.